The van der Waals surface area contributed by atoms with Gasteiger partial charge in [-0.1, -0.05) is 0 Å². The van der Waals surface area contributed by atoms with Gasteiger partial charge in [0, 0.05) is 6.20 Å². The van der Waals surface area contributed by atoms with E-state index in [2.05, 4.69) is 22.1 Å². The molecular formula is C12H14N4O2. The summed E-state index contributed by atoms with van der Waals surface area (Å²) in [7, 11) is 2.06. The molecule has 6 nitrogen and oxygen atoms in total. The van der Waals surface area contributed by atoms with Crippen LogP contribution in [0, 0.1) is 0 Å². The zero-order chi connectivity index (χ0) is 12.7. The Morgan fingerprint density at radius 2 is 2.33 bits per heavy atom. The molecule has 0 bridgehead atoms. The van der Waals surface area contributed by atoms with Crippen molar-refractivity contribution in [3.8, 4) is 0 Å². The van der Waals surface area contributed by atoms with Gasteiger partial charge in [-0.25, -0.2) is 4.79 Å². The van der Waals surface area contributed by atoms with Gasteiger partial charge in [0.2, 0.25) is 0 Å². The van der Waals surface area contributed by atoms with Gasteiger partial charge in [0.15, 0.2) is 11.5 Å². The second-order valence-corrected chi connectivity index (χ2v) is 4.62. The van der Waals surface area contributed by atoms with Crippen LogP contribution in [-0.2, 0) is 0 Å². The second kappa shape index (κ2) is 4.06. The smallest absolute Gasteiger partial charge is 0.339 e. The fourth-order valence-electron chi connectivity index (χ4n) is 2.56. The number of likely N-dealkylation sites (tertiary alicyclic amines) is 1. The number of carbonyl (C=O) groups is 1. The average Bonchev–Trinajstić information content (AvgIpc) is 2.93. The number of hydrogen-bond acceptors (Lipinski definition) is 4. The van der Waals surface area contributed by atoms with E-state index >= 15 is 0 Å². The minimum Gasteiger partial charge on any atom is -0.478 e. The Morgan fingerprint density at radius 3 is 3.00 bits per heavy atom. The van der Waals surface area contributed by atoms with Crippen molar-refractivity contribution < 1.29 is 9.90 Å². The van der Waals surface area contributed by atoms with Gasteiger partial charge in [-0.05, 0) is 38.6 Å². The molecule has 94 valence electrons. The lowest BCUT2D eigenvalue weighted by Crippen LogP contribution is -2.19. The van der Waals surface area contributed by atoms with Crippen LogP contribution in [0.2, 0.25) is 0 Å². The fourth-order valence-corrected chi connectivity index (χ4v) is 2.56. The van der Waals surface area contributed by atoms with Crippen LogP contribution >= 0.6 is 0 Å². The zero-order valence-corrected chi connectivity index (χ0v) is 10.1. The van der Waals surface area contributed by atoms with Gasteiger partial charge >= 0.3 is 5.97 Å². The number of nitrogens with zero attached hydrogens (tertiary/aromatic N) is 4. The zero-order valence-electron chi connectivity index (χ0n) is 10.1. The summed E-state index contributed by atoms with van der Waals surface area (Å²) in [6, 6.07) is 3.50. The summed E-state index contributed by atoms with van der Waals surface area (Å²) in [5.41, 5.74) is 0.609. The van der Waals surface area contributed by atoms with Crippen LogP contribution in [0.1, 0.15) is 35.1 Å². The lowest BCUT2D eigenvalue weighted by molar-refractivity contribution is 0.0698. The van der Waals surface area contributed by atoms with Gasteiger partial charge in [0.1, 0.15) is 5.56 Å². The van der Waals surface area contributed by atoms with Crippen molar-refractivity contribution in [2.75, 3.05) is 13.6 Å². The topological polar surface area (TPSA) is 70.7 Å². The first-order valence-electron chi connectivity index (χ1n) is 5.95. The Bertz CT molecular complexity index is 607. The summed E-state index contributed by atoms with van der Waals surface area (Å²) in [5, 5.41) is 17.3. The van der Waals surface area contributed by atoms with E-state index in [1.165, 1.54) is 0 Å². The Labute approximate surface area is 104 Å². The molecule has 6 heteroatoms. The number of carboxylic acid groups (broad SMARTS) is 1. The number of aromatic nitrogens is 3. The van der Waals surface area contributed by atoms with Crippen molar-refractivity contribution in [2.24, 2.45) is 0 Å². The molecule has 0 amide bonds. The number of fused-ring (bicyclic) bond motifs is 1. The van der Waals surface area contributed by atoms with Crippen LogP contribution in [0.3, 0.4) is 0 Å². The van der Waals surface area contributed by atoms with Crippen LogP contribution in [0.25, 0.3) is 5.65 Å². The fraction of sp³-hybridized carbons (Fsp3) is 0.417. The van der Waals surface area contributed by atoms with E-state index in [0.29, 0.717) is 5.65 Å². The van der Waals surface area contributed by atoms with Crippen LogP contribution in [0.5, 0.6) is 0 Å². The molecule has 2 aromatic heterocycles. The van der Waals surface area contributed by atoms with Crippen molar-refractivity contribution in [1.82, 2.24) is 19.5 Å². The highest BCUT2D eigenvalue weighted by Gasteiger charge is 2.27. The summed E-state index contributed by atoms with van der Waals surface area (Å²) >= 11 is 0. The molecule has 3 heterocycles. The molecule has 2 aromatic rings. The SMILES string of the molecule is CN1CCCC1c1nnc2c(C(=O)O)cccn12. The number of carboxylic acids is 1. The maximum atomic E-state index is 11.1. The third-order valence-corrected chi connectivity index (χ3v) is 3.51. The summed E-state index contributed by atoms with van der Waals surface area (Å²) in [5.74, 6) is -0.146. The largest absolute Gasteiger partial charge is 0.478 e. The highest BCUT2D eigenvalue weighted by atomic mass is 16.4. The summed E-state index contributed by atoms with van der Waals surface area (Å²) in [6.45, 7) is 1.04. The predicted octanol–water partition coefficient (Wildman–Crippen LogP) is 1.19. The van der Waals surface area contributed by atoms with Crippen molar-refractivity contribution in [2.45, 2.75) is 18.9 Å². The van der Waals surface area contributed by atoms with Crippen molar-refractivity contribution in [1.29, 1.82) is 0 Å². The van der Waals surface area contributed by atoms with Gasteiger partial charge in [0.05, 0.1) is 6.04 Å². The van der Waals surface area contributed by atoms with Crippen molar-refractivity contribution in [3.63, 3.8) is 0 Å². The number of hydrogen-bond donors (Lipinski definition) is 1. The van der Waals surface area contributed by atoms with E-state index < -0.39 is 5.97 Å². The minimum absolute atomic E-state index is 0.192. The molecule has 0 aromatic carbocycles. The van der Waals surface area contributed by atoms with Gasteiger partial charge in [-0.2, -0.15) is 0 Å². The number of aromatic carboxylic acids is 1. The maximum Gasteiger partial charge on any atom is 0.339 e. The van der Waals surface area contributed by atoms with Gasteiger partial charge < -0.3 is 5.11 Å². The molecule has 0 saturated carbocycles. The number of rotatable bonds is 2. The van der Waals surface area contributed by atoms with E-state index in [4.69, 9.17) is 5.11 Å². The highest BCUT2D eigenvalue weighted by molar-refractivity contribution is 5.94. The molecule has 0 radical (unpaired) electrons. The Morgan fingerprint density at radius 1 is 1.50 bits per heavy atom. The van der Waals surface area contributed by atoms with Crippen LogP contribution in [-0.4, -0.2) is 44.2 Å². The summed E-state index contributed by atoms with van der Waals surface area (Å²) < 4.78 is 1.79. The van der Waals surface area contributed by atoms with E-state index in [9.17, 15) is 4.79 Å². The first-order chi connectivity index (χ1) is 8.68. The van der Waals surface area contributed by atoms with Gasteiger partial charge in [0.25, 0.3) is 0 Å². The predicted molar refractivity (Wildman–Crippen MR) is 64.6 cm³/mol. The minimum atomic E-state index is -0.973. The van der Waals surface area contributed by atoms with Crippen LogP contribution < -0.4 is 0 Å². The molecular weight excluding hydrogens is 232 g/mol. The Kier molecular flexibility index (Phi) is 2.52. The van der Waals surface area contributed by atoms with E-state index in [1.54, 1.807) is 16.5 Å². The second-order valence-electron chi connectivity index (χ2n) is 4.62. The third kappa shape index (κ3) is 1.57. The standard InChI is InChI=1S/C12H14N4O2/c1-15-6-3-5-9(15)11-14-13-10-8(12(17)18)4-2-7-16(10)11/h2,4,7,9H,3,5-6H2,1H3,(H,17,18). The number of pyridine rings is 1. The monoisotopic (exact) mass is 246 g/mol. The Hall–Kier alpha value is -1.95. The van der Waals surface area contributed by atoms with E-state index in [0.717, 1.165) is 25.2 Å². The molecule has 18 heavy (non-hydrogen) atoms. The van der Waals surface area contributed by atoms with Crippen molar-refractivity contribution in [3.05, 3.63) is 29.7 Å². The maximum absolute atomic E-state index is 11.1. The molecule has 1 atom stereocenters. The molecule has 0 spiro atoms. The molecule has 1 aliphatic heterocycles. The first kappa shape index (κ1) is 11.2. The average molecular weight is 246 g/mol. The third-order valence-electron chi connectivity index (χ3n) is 3.51. The molecule has 1 saturated heterocycles. The normalized spacial score (nSPS) is 20.6. The molecule has 1 unspecified atom stereocenters. The summed E-state index contributed by atoms with van der Waals surface area (Å²) in [4.78, 5) is 13.3. The molecule has 1 aliphatic rings. The molecule has 1 fully saturated rings. The lowest BCUT2D eigenvalue weighted by Gasteiger charge is -2.17. The summed E-state index contributed by atoms with van der Waals surface area (Å²) in [6.07, 6.45) is 3.99. The molecule has 0 aliphatic carbocycles. The van der Waals surface area contributed by atoms with E-state index in [-0.39, 0.29) is 11.6 Å². The molecule has 3 rings (SSSR count). The van der Waals surface area contributed by atoms with E-state index in [1.807, 2.05) is 6.20 Å². The molecule has 1 N–H and O–H groups in total. The van der Waals surface area contributed by atoms with Crippen LogP contribution in [0.15, 0.2) is 18.3 Å². The van der Waals surface area contributed by atoms with Crippen LogP contribution in [0.4, 0.5) is 0 Å². The van der Waals surface area contributed by atoms with Gasteiger partial charge in [-0.3, -0.25) is 9.30 Å². The Balaban J connectivity index is 2.15. The first-order valence-corrected chi connectivity index (χ1v) is 5.95. The lowest BCUT2D eigenvalue weighted by atomic mass is 10.2. The van der Waals surface area contributed by atoms with Gasteiger partial charge in [-0.15, -0.1) is 10.2 Å². The highest BCUT2D eigenvalue weighted by Crippen LogP contribution is 2.29. The quantitative estimate of drug-likeness (QED) is 0.862. The van der Waals surface area contributed by atoms with Crippen molar-refractivity contribution >= 4 is 11.6 Å².